The van der Waals surface area contributed by atoms with E-state index >= 15 is 0 Å². The first kappa shape index (κ1) is 14.6. The van der Waals surface area contributed by atoms with E-state index in [2.05, 4.69) is 14.8 Å². The molecule has 0 radical (unpaired) electrons. The lowest BCUT2D eigenvalue weighted by Crippen LogP contribution is -2.30. The zero-order valence-corrected chi connectivity index (χ0v) is 12.4. The normalized spacial score (nSPS) is 11.2. The number of fused-ring (bicyclic) bond motifs is 1. The molecule has 0 saturated carbocycles. The lowest BCUT2D eigenvalue weighted by molar-refractivity contribution is -0.142. The van der Waals surface area contributed by atoms with Gasteiger partial charge in [0.05, 0.1) is 20.2 Å². The van der Waals surface area contributed by atoms with Gasteiger partial charge in [0, 0.05) is 11.8 Å². The number of methoxy groups -OCH3 is 1. The molecule has 2 aromatic rings. The summed E-state index contributed by atoms with van der Waals surface area (Å²) in [6.07, 6.45) is 0. The zero-order chi connectivity index (χ0) is 14.7. The molecule has 0 unspecified atom stereocenters. The van der Waals surface area contributed by atoms with Gasteiger partial charge in [-0.15, -0.1) is 0 Å². The molecule has 8 heteroatoms. The van der Waals surface area contributed by atoms with Crippen molar-refractivity contribution in [2.45, 2.75) is 20.4 Å². The van der Waals surface area contributed by atoms with Crippen LogP contribution in [0.1, 0.15) is 17.6 Å². The van der Waals surface area contributed by atoms with Crippen molar-refractivity contribution < 1.29 is 9.53 Å². The fourth-order valence-corrected chi connectivity index (χ4v) is 2.73. The van der Waals surface area contributed by atoms with Crippen LogP contribution in [0.25, 0.3) is 4.96 Å². The molecule has 0 saturated heterocycles. The Hall–Kier alpha value is -1.80. The first-order chi connectivity index (χ1) is 9.53. The van der Waals surface area contributed by atoms with Crippen LogP contribution in [0.15, 0.2) is 10.9 Å². The minimum Gasteiger partial charge on any atom is -0.468 e. The van der Waals surface area contributed by atoms with Crippen molar-refractivity contribution in [1.82, 2.24) is 19.5 Å². The van der Waals surface area contributed by atoms with Crippen LogP contribution in [0.2, 0.25) is 0 Å². The van der Waals surface area contributed by atoms with Crippen LogP contribution >= 0.6 is 11.3 Å². The van der Waals surface area contributed by atoms with E-state index in [0.717, 1.165) is 5.01 Å². The minimum absolute atomic E-state index is 0.189. The molecule has 2 rings (SSSR count). The second-order valence-corrected chi connectivity index (χ2v) is 5.35. The SMILES string of the molecule is CCN(CC(=O)OC)Cc1nn2c(=O)cc(C)nc2s1. The van der Waals surface area contributed by atoms with Crippen LogP contribution in [-0.4, -0.2) is 45.7 Å². The summed E-state index contributed by atoms with van der Waals surface area (Å²) >= 11 is 1.35. The van der Waals surface area contributed by atoms with E-state index in [1.807, 2.05) is 11.8 Å². The lowest BCUT2D eigenvalue weighted by atomic mass is 10.4. The highest BCUT2D eigenvalue weighted by atomic mass is 32.1. The summed E-state index contributed by atoms with van der Waals surface area (Å²) in [5.41, 5.74) is 0.484. The third-order valence-corrected chi connectivity index (χ3v) is 3.69. The summed E-state index contributed by atoms with van der Waals surface area (Å²) in [5, 5.41) is 4.98. The molecule has 20 heavy (non-hydrogen) atoms. The Morgan fingerprint density at radius 3 is 2.95 bits per heavy atom. The Bertz CT molecular complexity index is 679. The molecular weight excluding hydrogens is 280 g/mol. The van der Waals surface area contributed by atoms with Crippen molar-refractivity contribution in [3.63, 3.8) is 0 Å². The second kappa shape index (κ2) is 6.10. The van der Waals surface area contributed by atoms with Gasteiger partial charge in [-0.3, -0.25) is 14.5 Å². The molecule has 0 fully saturated rings. The van der Waals surface area contributed by atoms with Gasteiger partial charge < -0.3 is 4.74 Å². The highest BCUT2D eigenvalue weighted by Gasteiger charge is 2.14. The van der Waals surface area contributed by atoms with Crippen LogP contribution < -0.4 is 5.56 Å². The predicted octanol–water partition coefficient (Wildman–Crippen LogP) is 0.454. The average molecular weight is 296 g/mol. The molecule has 0 aliphatic heterocycles. The summed E-state index contributed by atoms with van der Waals surface area (Å²) in [5.74, 6) is -0.293. The van der Waals surface area contributed by atoms with Gasteiger partial charge in [-0.25, -0.2) is 4.98 Å². The predicted molar refractivity (Wildman–Crippen MR) is 74.8 cm³/mol. The number of rotatable bonds is 5. The molecule has 0 amide bonds. The maximum atomic E-state index is 11.8. The monoisotopic (exact) mass is 296 g/mol. The second-order valence-electron chi connectivity index (χ2n) is 4.31. The van der Waals surface area contributed by atoms with E-state index in [1.165, 1.54) is 29.0 Å². The molecule has 0 bridgehead atoms. The highest BCUT2D eigenvalue weighted by Crippen LogP contribution is 2.13. The van der Waals surface area contributed by atoms with Gasteiger partial charge in [0.15, 0.2) is 0 Å². The van der Waals surface area contributed by atoms with Gasteiger partial charge in [0.25, 0.3) is 5.56 Å². The fraction of sp³-hybridized carbons (Fsp3) is 0.500. The van der Waals surface area contributed by atoms with Gasteiger partial charge in [0.1, 0.15) is 5.01 Å². The van der Waals surface area contributed by atoms with Gasteiger partial charge in [-0.2, -0.15) is 9.61 Å². The maximum absolute atomic E-state index is 11.8. The minimum atomic E-state index is -0.293. The van der Waals surface area contributed by atoms with E-state index < -0.39 is 0 Å². The van der Waals surface area contributed by atoms with E-state index in [1.54, 1.807) is 6.92 Å². The smallest absolute Gasteiger partial charge is 0.319 e. The summed E-state index contributed by atoms with van der Waals surface area (Å²) in [6, 6.07) is 1.45. The van der Waals surface area contributed by atoms with E-state index in [0.29, 0.717) is 23.7 Å². The summed E-state index contributed by atoms with van der Waals surface area (Å²) in [6.45, 7) is 5.09. The van der Waals surface area contributed by atoms with Gasteiger partial charge >= 0.3 is 5.97 Å². The Morgan fingerprint density at radius 2 is 2.30 bits per heavy atom. The van der Waals surface area contributed by atoms with E-state index in [4.69, 9.17) is 0 Å². The van der Waals surface area contributed by atoms with Gasteiger partial charge in [-0.05, 0) is 13.5 Å². The molecule has 0 aliphatic rings. The number of aryl methyl sites for hydroxylation is 1. The molecule has 0 atom stereocenters. The van der Waals surface area contributed by atoms with Crippen molar-refractivity contribution in [3.8, 4) is 0 Å². The van der Waals surface area contributed by atoms with Crippen LogP contribution in [0.4, 0.5) is 0 Å². The topological polar surface area (TPSA) is 76.8 Å². The summed E-state index contributed by atoms with van der Waals surface area (Å²) in [7, 11) is 1.36. The van der Waals surface area contributed by atoms with Crippen molar-refractivity contribution >= 4 is 22.3 Å². The van der Waals surface area contributed by atoms with E-state index in [9.17, 15) is 9.59 Å². The largest absolute Gasteiger partial charge is 0.468 e. The lowest BCUT2D eigenvalue weighted by Gasteiger charge is -2.16. The zero-order valence-electron chi connectivity index (χ0n) is 11.6. The Kier molecular flexibility index (Phi) is 4.46. The number of aromatic nitrogens is 3. The Balaban J connectivity index is 2.23. The first-order valence-electron chi connectivity index (χ1n) is 6.19. The molecule has 7 nitrogen and oxygen atoms in total. The van der Waals surface area contributed by atoms with Crippen LogP contribution in [0.3, 0.4) is 0 Å². The average Bonchev–Trinajstić information content (AvgIpc) is 2.80. The molecule has 0 N–H and O–H groups in total. The van der Waals surface area contributed by atoms with Crippen LogP contribution in [0, 0.1) is 6.92 Å². The first-order valence-corrected chi connectivity index (χ1v) is 7.00. The maximum Gasteiger partial charge on any atom is 0.319 e. The van der Waals surface area contributed by atoms with Crippen LogP contribution in [0.5, 0.6) is 0 Å². The Labute approximate surface area is 119 Å². The van der Waals surface area contributed by atoms with Crippen molar-refractivity contribution in [3.05, 3.63) is 27.1 Å². The molecule has 2 heterocycles. The third-order valence-electron chi connectivity index (χ3n) is 2.80. The number of hydrogen-bond acceptors (Lipinski definition) is 7. The summed E-state index contributed by atoms with van der Waals surface area (Å²) in [4.78, 5) is 29.8. The molecule has 0 aliphatic carbocycles. The Morgan fingerprint density at radius 1 is 1.55 bits per heavy atom. The van der Waals surface area contributed by atoms with Crippen molar-refractivity contribution in [2.75, 3.05) is 20.2 Å². The van der Waals surface area contributed by atoms with Crippen molar-refractivity contribution in [1.29, 1.82) is 0 Å². The number of likely N-dealkylation sites (N-methyl/N-ethyl adjacent to an activating group) is 1. The third kappa shape index (κ3) is 3.20. The van der Waals surface area contributed by atoms with Gasteiger partial charge in [0.2, 0.25) is 4.96 Å². The van der Waals surface area contributed by atoms with Crippen LogP contribution in [-0.2, 0) is 16.1 Å². The number of nitrogens with zero attached hydrogens (tertiary/aromatic N) is 4. The quantitative estimate of drug-likeness (QED) is 0.746. The molecule has 0 aromatic carbocycles. The van der Waals surface area contributed by atoms with E-state index in [-0.39, 0.29) is 18.1 Å². The standard InChI is InChI=1S/C12H16N4O3S/c1-4-15(7-11(18)19-3)6-9-14-16-10(17)5-8(2)13-12(16)20-9/h5H,4,6-7H2,1-3H3. The number of esters is 1. The van der Waals surface area contributed by atoms with Crippen molar-refractivity contribution in [2.24, 2.45) is 0 Å². The number of ether oxygens (including phenoxy) is 1. The molecule has 108 valence electrons. The number of carbonyl (C=O) groups is 1. The molecule has 0 spiro atoms. The number of hydrogen-bond donors (Lipinski definition) is 0. The fourth-order valence-electron chi connectivity index (χ4n) is 1.74. The molecular formula is C12H16N4O3S. The number of carbonyl (C=O) groups excluding carboxylic acids is 1. The highest BCUT2D eigenvalue weighted by molar-refractivity contribution is 7.16. The van der Waals surface area contributed by atoms with Gasteiger partial charge in [-0.1, -0.05) is 18.3 Å². The molecule has 2 aromatic heterocycles. The summed E-state index contributed by atoms with van der Waals surface area (Å²) < 4.78 is 5.94.